The van der Waals surface area contributed by atoms with Crippen molar-refractivity contribution >= 4 is 17.6 Å². The molecule has 0 N–H and O–H groups in total. The molecule has 0 aromatic heterocycles. The Labute approximate surface area is 158 Å². The van der Waals surface area contributed by atoms with Crippen molar-refractivity contribution in [3.8, 4) is 5.75 Å². The molecule has 0 heterocycles. The monoisotopic (exact) mass is 366 g/mol. The first-order valence-corrected chi connectivity index (χ1v) is 8.75. The predicted molar refractivity (Wildman–Crippen MR) is 103 cm³/mol. The van der Waals surface area contributed by atoms with Crippen molar-refractivity contribution in [3.05, 3.63) is 101 Å². The van der Waals surface area contributed by atoms with Gasteiger partial charge in [0.05, 0.1) is 10.6 Å². The van der Waals surface area contributed by atoms with Crippen LogP contribution in [0.4, 0.5) is 0 Å². The summed E-state index contributed by atoms with van der Waals surface area (Å²) in [5, 5.41) is 0.315. The highest BCUT2D eigenvalue weighted by Gasteiger charge is 2.13. The third-order valence-electron chi connectivity index (χ3n) is 3.87. The van der Waals surface area contributed by atoms with Gasteiger partial charge in [-0.05, 0) is 35.8 Å². The van der Waals surface area contributed by atoms with Crippen molar-refractivity contribution in [2.45, 2.75) is 13.0 Å². The van der Waals surface area contributed by atoms with Gasteiger partial charge in [-0.15, -0.1) is 0 Å². The Morgan fingerprint density at radius 1 is 1.00 bits per heavy atom. The highest BCUT2D eigenvalue weighted by atomic mass is 35.5. The van der Waals surface area contributed by atoms with Crippen LogP contribution in [-0.4, -0.2) is 12.6 Å². The van der Waals surface area contributed by atoms with Crippen LogP contribution in [0.25, 0.3) is 0 Å². The molecule has 0 unspecified atom stereocenters. The summed E-state index contributed by atoms with van der Waals surface area (Å²) in [6, 6.07) is 14.8. The summed E-state index contributed by atoms with van der Waals surface area (Å²) >= 11 is 6.24. The minimum atomic E-state index is -0.442. The van der Waals surface area contributed by atoms with E-state index in [-0.39, 0.29) is 6.61 Å². The lowest BCUT2D eigenvalue weighted by molar-refractivity contribution is 0.0539. The van der Waals surface area contributed by atoms with Crippen molar-refractivity contribution in [1.82, 2.24) is 0 Å². The number of carbonyl (C=O) groups is 1. The molecule has 3 nitrogen and oxygen atoms in total. The molecule has 3 rings (SSSR count). The Kier molecular flexibility index (Phi) is 6.29. The van der Waals surface area contributed by atoms with Gasteiger partial charge in [0.15, 0.2) is 0 Å². The number of hydrogen-bond acceptors (Lipinski definition) is 3. The number of esters is 1. The summed E-state index contributed by atoms with van der Waals surface area (Å²) in [6.07, 6.45) is 10.6. The second kappa shape index (κ2) is 9.07. The molecule has 0 saturated carbocycles. The lowest BCUT2D eigenvalue weighted by Crippen LogP contribution is -2.08. The van der Waals surface area contributed by atoms with Gasteiger partial charge in [0.2, 0.25) is 0 Å². The third-order valence-corrected chi connectivity index (χ3v) is 4.18. The topological polar surface area (TPSA) is 35.5 Å². The molecule has 0 atom stereocenters. The van der Waals surface area contributed by atoms with Gasteiger partial charge >= 0.3 is 5.97 Å². The molecule has 2 aromatic rings. The molecule has 1 aliphatic rings. The maximum Gasteiger partial charge on any atom is 0.339 e. The van der Waals surface area contributed by atoms with Crippen LogP contribution in [0.5, 0.6) is 5.75 Å². The lowest BCUT2D eigenvalue weighted by atomic mass is 10.2. The highest BCUT2D eigenvalue weighted by Crippen LogP contribution is 2.24. The molecular formula is C22H19ClO3. The largest absolute Gasteiger partial charge is 0.489 e. The smallest absolute Gasteiger partial charge is 0.339 e. The van der Waals surface area contributed by atoms with Crippen LogP contribution in [0.2, 0.25) is 5.02 Å². The average molecular weight is 367 g/mol. The highest BCUT2D eigenvalue weighted by molar-refractivity contribution is 6.33. The fraction of sp³-hybridized carbons (Fsp3) is 0.136. The predicted octanol–water partition coefficient (Wildman–Crippen LogP) is 5.52. The average Bonchev–Trinajstić information content (AvgIpc) is 2.94. The van der Waals surface area contributed by atoms with E-state index < -0.39 is 5.97 Å². The number of rotatable bonds is 6. The Balaban J connectivity index is 1.58. The summed E-state index contributed by atoms with van der Waals surface area (Å²) in [7, 11) is 0. The van der Waals surface area contributed by atoms with E-state index in [2.05, 4.69) is 0 Å². The standard InChI is InChI=1S/C22H19ClO3/c23-21-14-19(25-15-17-10-6-3-7-11-17)12-13-20(21)22(24)26-16-18-8-4-1-2-5-9-18/h1-8,10-14H,9,15-16H2. The minimum absolute atomic E-state index is 0.246. The second-order valence-corrected chi connectivity index (χ2v) is 6.24. The molecule has 26 heavy (non-hydrogen) atoms. The quantitative estimate of drug-likeness (QED) is 0.631. The first-order valence-electron chi connectivity index (χ1n) is 8.37. The number of carbonyl (C=O) groups excluding carboxylic acids is 1. The van der Waals surface area contributed by atoms with Crippen LogP contribution >= 0.6 is 11.6 Å². The summed E-state index contributed by atoms with van der Waals surface area (Å²) in [6.45, 7) is 0.687. The van der Waals surface area contributed by atoms with E-state index in [1.54, 1.807) is 18.2 Å². The Hall–Kier alpha value is -2.78. The molecule has 0 bridgehead atoms. The van der Waals surface area contributed by atoms with E-state index >= 15 is 0 Å². The van der Waals surface area contributed by atoms with Crippen molar-refractivity contribution in [1.29, 1.82) is 0 Å². The maximum atomic E-state index is 12.3. The molecular weight excluding hydrogens is 348 g/mol. The van der Waals surface area contributed by atoms with E-state index in [4.69, 9.17) is 21.1 Å². The van der Waals surface area contributed by atoms with E-state index in [1.807, 2.05) is 60.7 Å². The van der Waals surface area contributed by atoms with Gasteiger partial charge in [-0.1, -0.05) is 72.3 Å². The van der Waals surface area contributed by atoms with E-state index in [9.17, 15) is 4.79 Å². The number of allylic oxidation sites excluding steroid dienone is 5. The van der Waals surface area contributed by atoms with Crippen molar-refractivity contribution in [3.63, 3.8) is 0 Å². The number of benzene rings is 2. The Bertz CT molecular complexity index is 851. The second-order valence-electron chi connectivity index (χ2n) is 5.83. The van der Waals surface area contributed by atoms with Crippen molar-refractivity contribution in [2.75, 3.05) is 6.61 Å². The molecule has 132 valence electrons. The van der Waals surface area contributed by atoms with Gasteiger partial charge in [-0.2, -0.15) is 0 Å². The molecule has 4 heteroatoms. The van der Waals surface area contributed by atoms with Gasteiger partial charge in [-0.25, -0.2) is 4.79 Å². The zero-order valence-electron chi connectivity index (χ0n) is 14.2. The summed E-state index contributed by atoms with van der Waals surface area (Å²) in [5.41, 5.74) is 2.42. The first kappa shape index (κ1) is 18.0. The Morgan fingerprint density at radius 2 is 1.85 bits per heavy atom. The first-order chi connectivity index (χ1) is 12.7. The van der Waals surface area contributed by atoms with Crippen LogP contribution in [0.1, 0.15) is 22.3 Å². The van der Waals surface area contributed by atoms with Gasteiger partial charge in [0.25, 0.3) is 0 Å². The normalized spacial score (nSPS) is 13.0. The molecule has 0 spiro atoms. The maximum absolute atomic E-state index is 12.3. The summed E-state index contributed by atoms with van der Waals surface area (Å²) < 4.78 is 11.1. The third kappa shape index (κ3) is 5.11. The van der Waals surface area contributed by atoms with Gasteiger partial charge < -0.3 is 9.47 Å². The minimum Gasteiger partial charge on any atom is -0.489 e. The lowest BCUT2D eigenvalue weighted by Gasteiger charge is -2.10. The van der Waals surface area contributed by atoms with Crippen LogP contribution in [0.15, 0.2) is 84.5 Å². The van der Waals surface area contributed by atoms with Crippen LogP contribution in [0, 0.1) is 0 Å². The zero-order valence-corrected chi connectivity index (χ0v) is 15.0. The van der Waals surface area contributed by atoms with Crippen LogP contribution < -0.4 is 4.74 Å². The Morgan fingerprint density at radius 3 is 2.65 bits per heavy atom. The molecule has 1 aliphatic carbocycles. The fourth-order valence-electron chi connectivity index (χ4n) is 2.46. The van der Waals surface area contributed by atoms with Crippen LogP contribution in [-0.2, 0) is 11.3 Å². The van der Waals surface area contributed by atoms with Gasteiger partial charge in [0, 0.05) is 0 Å². The molecule has 0 aliphatic heterocycles. The summed E-state index contributed by atoms with van der Waals surface area (Å²) in [5.74, 6) is 0.167. The number of halogens is 1. The molecule has 0 saturated heterocycles. The molecule has 0 amide bonds. The van der Waals surface area contributed by atoms with Gasteiger partial charge in [-0.3, -0.25) is 0 Å². The van der Waals surface area contributed by atoms with E-state index in [1.165, 1.54) is 0 Å². The van der Waals surface area contributed by atoms with Crippen molar-refractivity contribution in [2.24, 2.45) is 0 Å². The van der Waals surface area contributed by atoms with E-state index in [0.717, 1.165) is 17.6 Å². The van der Waals surface area contributed by atoms with Crippen molar-refractivity contribution < 1.29 is 14.3 Å². The molecule has 0 radical (unpaired) electrons. The zero-order chi connectivity index (χ0) is 18.2. The number of ether oxygens (including phenoxy) is 2. The SMILES string of the molecule is O=C(OCC1=CC=CC=CC1)c1ccc(OCc2ccccc2)cc1Cl. The fourth-order valence-corrected chi connectivity index (χ4v) is 2.70. The molecule has 0 fully saturated rings. The van der Waals surface area contributed by atoms with E-state index in [0.29, 0.717) is 22.9 Å². The molecule has 2 aromatic carbocycles. The van der Waals surface area contributed by atoms with Gasteiger partial charge in [0.1, 0.15) is 19.0 Å². The number of hydrogen-bond donors (Lipinski definition) is 0. The summed E-state index contributed by atoms with van der Waals surface area (Å²) in [4.78, 5) is 12.3. The van der Waals surface area contributed by atoms with Crippen LogP contribution in [0.3, 0.4) is 0 Å².